The van der Waals surface area contributed by atoms with Crippen LogP contribution in [0.25, 0.3) is 17.0 Å². The third kappa shape index (κ3) is 3.78. The van der Waals surface area contributed by atoms with E-state index in [4.69, 9.17) is 4.74 Å². The summed E-state index contributed by atoms with van der Waals surface area (Å²) in [6.45, 7) is 2.00. The number of imidazole rings is 1. The van der Waals surface area contributed by atoms with Crippen LogP contribution >= 0.6 is 0 Å². The van der Waals surface area contributed by atoms with Crippen molar-refractivity contribution in [3.05, 3.63) is 71.9 Å². The van der Waals surface area contributed by atoms with Crippen molar-refractivity contribution < 1.29 is 14.3 Å². The number of amides is 1. The molecule has 5 rings (SSSR count). The fourth-order valence-corrected chi connectivity index (χ4v) is 3.86. The Hall–Kier alpha value is -3.85. The minimum Gasteiger partial charge on any atom is -0.378 e. The highest BCUT2D eigenvalue weighted by atomic mass is 16.5. The predicted molar refractivity (Wildman–Crippen MR) is 116 cm³/mol. The van der Waals surface area contributed by atoms with E-state index in [-0.39, 0.29) is 23.8 Å². The molecule has 1 aromatic carbocycles. The van der Waals surface area contributed by atoms with Crippen LogP contribution in [0.2, 0.25) is 0 Å². The predicted octanol–water partition coefficient (Wildman–Crippen LogP) is 2.03. The first kappa shape index (κ1) is 20.1. The molecule has 0 saturated carbocycles. The molecule has 0 N–H and O–H groups in total. The van der Waals surface area contributed by atoms with E-state index < -0.39 is 0 Å². The van der Waals surface area contributed by atoms with Crippen LogP contribution in [0.5, 0.6) is 0 Å². The summed E-state index contributed by atoms with van der Waals surface area (Å²) in [7, 11) is 1.67. The summed E-state index contributed by atoms with van der Waals surface area (Å²) in [5, 5.41) is 4.16. The van der Waals surface area contributed by atoms with Crippen molar-refractivity contribution in [3.8, 4) is 11.3 Å². The summed E-state index contributed by atoms with van der Waals surface area (Å²) in [5.74, 6) is 0.103. The monoisotopic (exact) mass is 430 g/mol. The molecule has 4 aromatic rings. The number of ketones is 1. The van der Waals surface area contributed by atoms with Gasteiger partial charge in [-0.2, -0.15) is 5.10 Å². The van der Waals surface area contributed by atoms with Gasteiger partial charge in [0.05, 0.1) is 42.8 Å². The molecule has 3 aromatic heterocycles. The summed E-state index contributed by atoms with van der Waals surface area (Å²) in [4.78, 5) is 36.9. The van der Waals surface area contributed by atoms with E-state index in [9.17, 15) is 9.59 Å². The molecule has 32 heavy (non-hydrogen) atoms. The largest absolute Gasteiger partial charge is 0.378 e. The van der Waals surface area contributed by atoms with Crippen LogP contribution in [-0.2, 0) is 18.2 Å². The number of aryl methyl sites for hydroxylation is 1. The van der Waals surface area contributed by atoms with Gasteiger partial charge in [0.25, 0.3) is 5.91 Å². The van der Waals surface area contributed by atoms with Crippen molar-refractivity contribution in [2.75, 3.05) is 26.3 Å². The Morgan fingerprint density at radius 3 is 2.62 bits per heavy atom. The average molecular weight is 430 g/mol. The number of carbonyl (C=O) groups excluding carboxylic acids is 2. The van der Waals surface area contributed by atoms with E-state index in [2.05, 4.69) is 15.1 Å². The van der Waals surface area contributed by atoms with E-state index in [0.717, 1.165) is 11.3 Å². The zero-order chi connectivity index (χ0) is 22.1. The van der Waals surface area contributed by atoms with E-state index in [1.165, 1.54) is 10.9 Å². The van der Waals surface area contributed by atoms with E-state index in [0.29, 0.717) is 43.3 Å². The van der Waals surface area contributed by atoms with Crippen LogP contribution in [0.4, 0.5) is 0 Å². The van der Waals surface area contributed by atoms with Gasteiger partial charge in [0.15, 0.2) is 5.78 Å². The number of morpholine rings is 1. The Balaban J connectivity index is 1.39. The molecule has 0 spiro atoms. The molecule has 1 aliphatic rings. The zero-order valence-corrected chi connectivity index (χ0v) is 17.6. The van der Waals surface area contributed by atoms with Gasteiger partial charge in [-0.1, -0.05) is 30.3 Å². The maximum absolute atomic E-state index is 13.1. The van der Waals surface area contributed by atoms with Gasteiger partial charge in [-0.15, -0.1) is 0 Å². The number of benzene rings is 1. The molecule has 1 fully saturated rings. The first-order chi connectivity index (χ1) is 15.6. The molecule has 9 nitrogen and oxygen atoms in total. The topological polar surface area (TPSA) is 94.6 Å². The quantitative estimate of drug-likeness (QED) is 0.450. The molecular weight excluding hydrogens is 408 g/mol. The number of hydrogen-bond acceptors (Lipinski definition) is 6. The summed E-state index contributed by atoms with van der Waals surface area (Å²) < 4.78 is 8.60. The molecule has 1 aliphatic heterocycles. The minimum atomic E-state index is -0.215. The summed E-state index contributed by atoms with van der Waals surface area (Å²) in [6, 6.07) is 11.6. The Bertz CT molecular complexity index is 1290. The van der Waals surface area contributed by atoms with Crippen LogP contribution in [0.1, 0.15) is 26.5 Å². The highest BCUT2D eigenvalue weighted by molar-refractivity contribution is 6.07. The minimum absolute atomic E-state index is 0.0486. The van der Waals surface area contributed by atoms with Crippen molar-refractivity contribution in [1.29, 1.82) is 0 Å². The highest BCUT2D eigenvalue weighted by Gasteiger charge is 2.27. The van der Waals surface area contributed by atoms with Crippen LogP contribution in [0.3, 0.4) is 0 Å². The Morgan fingerprint density at radius 2 is 1.84 bits per heavy atom. The van der Waals surface area contributed by atoms with Gasteiger partial charge in [0.2, 0.25) is 5.78 Å². The first-order valence-corrected chi connectivity index (χ1v) is 10.4. The Labute approximate surface area is 184 Å². The van der Waals surface area contributed by atoms with Crippen molar-refractivity contribution in [2.45, 2.75) is 6.42 Å². The van der Waals surface area contributed by atoms with Crippen LogP contribution in [0.15, 0.2) is 55.0 Å². The number of hydrogen-bond donors (Lipinski definition) is 0. The Kier molecular flexibility index (Phi) is 5.24. The fourth-order valence-electron chi connectivity index (χ4n) is 3.86. The first-order valence-electron chi connectivity index (χ1n) is 10.4. The molecule has 1 saturated heterocycles. The molecule has 1 amide bonds. The van der Waals surface area contributed by atoms with Crippen LogP contribution in [-0.4, -0.2) is 67.0 Å². The zero-order valence-electron chi connectivity index (χ0n) is 17.6. The molecule has 0 atom stereocenters. The lowest BCUT2D eigenvalue weighted by atomic mass is 10.1. The number of aromatic nitrogens is 5. The number of rotatable bonds is 5. The van der Waals surface area contributed by atoms with Crippen LogP contribution in [0, 0.1) is 0 Å². The van der Waals surface area contributed by atoms with Crippen LogP contribution < -0.4 is 0 Å². The maximum Gasteiger partial charge on any atom is 0.257 e. The van der Waals surface area contributed by atoms with Crippen molar-refractivity contribution >= 4 is 17.5 Å². The number of fused-ring (bicyclic) bond motifs is 1. The third-order valence-corrected chi connectivity index (χ3v) is 5.53. The molecule has 0 aliphatic carbocycles. The van der Waals surface area contributed by atoms with Crippen molar-refractivity contribution in [2.24, 2.45) is 7.05 Å². The summed E-state index contributed by atoms with van der Waals surface area (Å²) in [5.41, 5.74) is 2.99. The lowest BCUT2D eigenvalue weighted by molar-refractivity contribution is 0.0301. The van der Waals surface area contributed by atoms with Gasteiger partial charge in [-0.3, -0.25) is 18.7 Å². The van der Waals surface area contributed by atoms with E-state index in [1.807, 2.05) is 47.1 Å². The average Bonchev–Trinajstić information content (AvgIpc) is 3.43. The van der Waals surface area contributed by atoms with Crippen molar-refractivity contribution in [1.82, 2.24) is 29.0 Å². The summed E-state index contributed by atoms with van der Waals surface area (Å²) in [6.07, 6.45) is 5.26. The molecule has 9 heteroatoms. The smallest absolute Gasteiger partial charge is 0.257 e. The normalized spacial score (nSPS) is 14.1. The lowest BCUT2D eigenvalue weighted by Crippen LogP contribution is -2.41. The number of nitrogens with zero attached hydrogens (tertiary/aromatic N) is 6. The Morgan fingerprint density at radius 1 is 1.06 bits per heavy atom. The van der Waals surface area contributed by atoms with Gasteiger partial charge >= 0.3 is 0 Å². The molecule has 162 valence electrons. The third-order valence-electron chi connectivity index (χ3n) is 5.53. The molecule has 4 heterocycles. The summed E-state index contributed by atoms with van der Waals surface area (Å²) >= 11 is 0. The number of carbonyl (C=O) groups is 2. The molecule has 0 unspecified atom stereocenters. The SMILES string of the molecule is Cn1ncc(C(=O)N2CCOCC2)c1C(=O)Cc1ccn2cc(-c3ccccc3)nc2n1. The lowest BCUT2D eigenvalue weighted by Gasteiger charge is -2.26. The van der Waals surface area contributed by atoms with Crippen molar-refractivity contribution in [3.63, 3.8) is 0 Å². The van der Waals surface area contributed by atoms with E-state index >= 15 is 0 Å². The van der Waals surface area contributed by atoms with Gasteiger partial charge < -0.3 is 9.64 Å². The number of Topliss-reactive ketones (excluding diaryl/α,β-unsaturated/α-hetero) is 1. The maximum atomic E-state index is 13.1. The molecular formula is C23H22N6O3. The van der Waals surface area contributed by atoms with E-state index in [1.54, 1.807) is 18.0 Å². The second kappa shape index (κ2) is 8.35. The fraction of sp³-hybridized carbons (Fsp3) is 0.261. The van der Waals surface area contributed by atoms with Gasteiger partial charge in [0.1, 0.15) is 5.69 Å². The second-order valence-electron chi connectivity index (χ2n) is 7.65. The van der Waals surface area contributed by atoms with Gasteiger partial charge in [0, 0.05) is 38.1 Å². The van der Waals surface area contributed by atoms with Gasteiger partial charge in [-0.05, 0) is 6.07 Å². The molecule has 0 bridgehead atoms. The van der Waals surface area contributed by atoms with Gasteiger partial charge in [-0.25, -0.2) is 9.97 Å². The standard InChI is InChI=1S/C23H22N6O3/c1-27-21(18(14-24-27)22(31)28-9-11-32-12-10-28)20(30)13-17-7-8-29-15-19(26-23(29)25-17)16-5-3-2-4-6-16/h2-8,14-15H,9-13H2,1H3. The number of ether oxygens (including phenoxy) is 1. The second-order valence-corrected chi connectivity index (χ2v) is 7.65. The highest BCUT2D eigenvalue weighted by Crippen LogP contribution is 2.19. The molecule has 0 radical (unpaired) electrons.